The topological polar surface area (TPSA) is 71.7 Å². The molecular weight excluding hydrogens is 358 g/mol. The number of nitrogens with zero attached hydrogens (tertiary/aromatic N) is 3. The first-order chi connectivity index (χ1) is 11.9. The van der Waals surface area contributed by atoms with Crippen LogP contribution >= 0.6 is 11.3 Å². The van der Waals surface area contributed by atoms with Crippen molar-refractivity contribution in [2.24, 2.45) is 12.0 Å². The van der Waals surface area contributed by atoms with Gasteiger partial charge in [-0.05, 0) is 23.8 Å². The van der Waals surface area contributed by atoms with E-state index in [1.165, 1.54) is 21.7 Å². The zero-order chi connectivity index (χ0) is 18.4. The summed E-state index contributed by atoms with van der Waals surface area (Å²) in [6.07, 6.45) is 4.82. The molecule has 2 rings (SSSR count). The molecular formula is C17H21N3O3S2. The van der Waals surface area contributed by atoms with E-state index in [-0.39, 0.29) is 10.8 Å². The first kappa shape index (κ1) is 19.3. The summed E-state index contributed by atoms with van der Waals surface area (Å²) in [7, 11) is -1.65. The summed E-state index contributed by atoms with van der Waals surface area (Å²) in [5.74, 6) is -0.363. The van der Waals surface area contributed by atoms with Gasteiger partial charge in [-0.3, -0.25) is 4.79 Å². The van der Waals surface area contributed by atoms with Crippen molar-refractivity contribution in [2.75, 3.05) is 13.1 Å². The minimum atomic E-state index is -3.47. The Kier molecular flexibility index (Phi) is 6.46. The van der Waals surface area contributed by atoms with Crippen LogP contribution in [-0.2, 0) is 21.9 Å². The molecule has 0 unspecified atom stereocenters. The van der Waals surface area contributed by atoms with E-state index in [4.69, 9.17) is 0 Å². The molecule has 8 heteroatoms. The van der Waals surface area contributed by atoms with Crippen LogP contribution in [0, 0.1) is 0 Å². The number of carbonyl (C=O) groups is 1. The maximum atomic E-state index is 12.4. The van der Waals surface area contributed by atoms with Gasteiger partial charge in [0.05, 0.1) is 4.90 Å². The Morgan fingerprint density at radius 3 is 2.40 bits per heavy atom. The molecule has 0 spiro atoms. The normalized spacial score (nSPS) is 13.0. The Labute approximate surface area is 151 Å². The number of benzene rings is 1. The summed E-state index contributed by atoms with van der Waals surface area (Å²) in [4.78, 5) is 16.7. The third-order valence-electron chi connectivity index (χ3n) is 3.61. The number of thiazole rings is 1. The number of hydrogen-bond donors (Lipinski definition) is 0. The predicted molar refractivity (Wildman–Crippen MR) is 99.4 cm³/mol. The van der Waals surface area contributed by atoms with E-state index < -0.39 is 10.0 Å². The molecule has 1 aromatic carbocycles. The summed E-state index contributed by atoms with van der Waals surface area (Å²) in [6.45, 7) is 4.47. The second-order valence-electron chi connectivity index (χ2n) is 5.24. The second-order valence-corrected chi connectivity index (χ2v) is 8.05. The fourth-order valence-corrected chi connectivity index (χ4v) is 4.39. The third-order valence-corrected chi connectivity index (χ3v) is 6.52. The minimum absolute atomic E-state index is 0.245. The lowest BCUT2D eigenvalue weighted by atomic mass is 10.2. The number of aromatic nitrogens is 1. The summed E-state index contributed by atoms with van der Waals surface area (Å²) in [5.41, 5.74) is 0.734. The highest BCUT2D eigenvalue weighted by atomic mass is 32.2. The zero-order valence-electron chi connectivity index (χ0n) is 14.4. The summed E-state index contributed by atoms with van der Waals surface area (Å²) in [6, 6.07) is 6.44. The number of hydrogen-bond acceptors (Lipinski definition) is 4. The maximum Gasteiger partial charge on any atom is 0.272 e. The van der Waals surface area contributed by atoms with Gasteiger partial charge < -0.3 is 4.57 Å². The number of sulfonamides is 1. The Morgan fingerprint density at radius 1 is 1.24 bits per heavy atom. The van der Waals surface area contributed by atoms with Crippen molar-refractivity contribution in [2.45, 2.75) is 18.7 Å². The minimum Gasteiger partial charge on any atom is -0.327 e. The maximum absolute atomic E-state index is 12.4. The molecule has 0 saturated carbocycles. The Morgan fingerprint density at radius 2 is 1.88 bits per heavy atom. The quantitative estimate of drug-likeness (QED) is 0.723. The van der Waals surface area contributed by atoms with Crippen LogP contribution in [0.25, 0.3) is 6.08 Å². The molecule has 0 atom stereocenters. The molecule has 1 heterocycles. The van der Waals surface area contributed by atoms with Gasteiger partial charge in [0, 0.05) is 37.8 Å². The van der Waals surface area contributed by atoms with Crippen LogP contribution in [0.3, 0.4) is 0 Å². The van der Waals surface area contributed by atoms with Gasteiger partial charge in [-0.2, -0.15) is 9.30 Å². The molecule has 0 saturated heterocycles. The molecule has 0 aliphatic carbocycles. The van der Waals surface area contributed by atoms with E-state index in [2.05, 4.69) is 4.99 Å². The number of aryl methyl sites for hydroxylation is 1. The van der Waals surface area contributed by atoms with Crippen LogP contribution in [0.2, 0.25) is 0 Å². The number of amides is 1. The zero-order valence-corrected chi connectivity index (χ0v) is 16.0. The van der Waals surface area contributed by atoms with E-state index in [9.17, 15) is 13.2 Å². The summed E-state index contributed by atoms with van der Waals surface area (Å²) in [5, 5.41) is 1.85. The van der Waals surface area contributed by atoms with E-state index >= 15 is 0 Å². The Bertz CT molecular complexity index is 919. The average molecular weight is 380 g/mol. The lowest BCUT2D eigenvalue weighted by Gasteiger charge is -2.18. The van der Waals surface area contributed by atoms with Gasteiger partial charge >= 0.3 is 0 Å². The molecule has 2 aromatic rings. The van der Waals surface area contributed by atoms with Gasteiger partial charge in [0.2, 0.25) is 10.0 Å². The SMILES string of the molecule is CCN(CC)S(=O)(=O)c1ccc(C=CC(=O)N=c2sccn2C)cc1. The fourth-order valence-electron chi connectivity index (χ4n) is 2.20. The molecule has 0 N–H and O–H groups in total. The monoisotopic (exact) mass is 379 g/mol. The lowest BCUT2D eigenvalue weighted by Crippen LogP contribution is -2.30. The molecule has 25 heavy (non-hydrogen) atoms. The van der Waals surface area contributed by atoms with E-state index in [1.54, 1.807) is 48.8 Å². The Hall–Kier alpha value is -2.03. The van der Waals surface area contributed by atoms with Crippen LogP contribution in [0.4, 0.5) is 0 Å². The van der Waals surface area contributed by atoms with Crippen LogP contribution in [0.5, 0.6) is 0 Å². The molecule has 0 aliphatic rings. The van der Waals surface area contributed by atoms with Crippen molar-refractivity contribution in [3.8, 4) is 0 Å². The van der Waals surface area contributed by atoms with Gasteiger partial charge in [0.1, 0.15) is 0 Å². The van der Waals surface area contributed by atoms with Crippen molar-refractivity contribution in [3.63, 3.8) is 0 Å². The smallest absolute Gasteiger partial charge is 0.272 e. The van der Waals surface area contributed by atoms with Crippen molar-refractivity contribution < 1.29 is 13.2 Å². The van der Waals surface area contributed by atoms with Crippen molar-refractivity contribution in [1.82, 2.24) is 8.87 Å². The molecule has 0 radical (unpaired) electrons. The average Bonchev–Trinajstić information content (AvgIpc) is 2.99. The van der Waals surface area contributed by atoms with Gasteiger partial charge in [0.15, 0.2) is 4.80 Å². The van der Waals surface area contributed by atoms with Gasteiger partial charge in [0.25, 0.3) is 5.91 Å². The number of carbonyl (C=O) groups excluding carboxylic acids is 1. The second kappa shape index (κ2) is 8.37. The van der Waals surface area contributed by atoms with E-state index in [0.29, 0.717) is 17.9 Å². The highest BCUT2D eigenvalue weighted by molar-refractivity contribution is 7.89. The van der Waals surface area contributed by atoms with Gasteiger partial charge in [-0.15, -0.1) is 11.3 Å². The standard InChI is InChI=1S/C17H21N3O3S2/c1-4-20(5-2)25(22,23)15-9-6-14(7-10-15)8-11-16(21)18-17-19(3)12-13-24-17/h6-13H,4-5H2,1-3H3. The Balaban J connectivity index is 2.15. The number of rotatable bonds is 6. The van der Waals surface area contributed by atoms with Crippen molar-refractivity contribution in [1.29, 1.82) is 0 Å². The molecule has 1 aromatic heterocycles. The summed E-state index contributed by atoms with van der Waals surface area (Å²) >= 11 is 1.38. The van der Waals surface area contributed by atoms with Crippen LogP contribution in [0.1, 0.15) is 19.4 Å². The van der Waals surface area contributed by atoms with E-state index in [1.807, 2.05) is 18.6 Å². The largest absolute Gasteiger partial charge is 0.327 e. The van der Waals surface area contributed by atoms with Crippen LogP contribution in [-0.4, -0.2) is 36.3 Å². The van der Waals surface area contributed by atoms with Crippen molar-refractivity contribution in [3.05, 3.63) is 52.3 Å². The highest BCUT2D eigenvalue weighted by Crippen LogP contribution is 2.16. The molecule has 0 aliphatic heterocycles. The van der Waals surface area contributed by atoms with Gasteiger partial charge in [-0.25, -0.2) is 8.42 Å². The molecule has 0 bridgehead atoms. The van der Waals surface area contributed by atoms with Crippen LogP contribution in [0.15, 0.2) is 51.8 Å². The first-order valence-electron chi connectivity index (χ1n) is 7.85. The highest BCUT2D eigenvalue weighted by Gasteiger charge is 2.20. The van der Waals surface area contributed by atoms with Crippen molar-refractivity contribution >= 4 is 33.3 Å². The van der Waals surface area contributed by atoms with E-state index in [0.717, 1.165) is 5.56 Å². The molecule has 1 amide bonds. The molecule has 6 nitrogen and oxygen atoms in total. The van der Waals surface area contributed by atoms with Crippen LogP contribution < -0.4 is 4.80 Å². The lowest BCUT2D eigenvalue weighted by molar-refractivity contribution is -0.113. The first-order valence-corrected chi connectivity index (χ1v) is 10.2. The van der Waals surface area contributed by atoms with Gasteiger partial charge in [-0.1, -0.05) is 26.0 Å². The molecule has 0 fully saturated rings. The summed E-state index contributed by atoms with van der Waals surface area (Å²) < 4.78 is 28.0. The fraction of sp³-hybridized carbons (Fsp3) is 0.294. The third kappa shape index (κ3) is 4.75. The predicted octanol–water partition coefficient (Wildman–Crippen LogP) is 2.26. The molecule has 134 valence electrons.